The fraction of sp³-hybridized carbons (Fsp3) is 0.867. The van der Waals surface area contributed by atoms with E-state index in [1.807, 2.05) is 0 Å². The fourth-order valence-corrected chi connectivity index (χ4v) is 3.18. The van der Waals surface area contributed by atoms with Crippen LogP contribution in [-0.4, -0.2) is 79.5 Å². The lowest BCUT2D eigenvalue weighted by molar-refractivity contribution is -0.143. The van der Waals surface area contributed by atoms with Crippen LogP contribution in [0.25, 0.3) is 0 Å². The molecule has 2 rings (SSSR count). The van der Waals surface area contributed by atoms with Crippen molar-refractivity contribution in [3.8, 4) is 0 Å². The average Bonchev–Trinajstić information content (AvgIpc) is 2.92. The maximum Gasteiger partial charge on any atom is 0.409 e. The van der Waals surface area contributed by atoms with Crippen molar-refractivity contribution in [3.05, 3.63) is 0 Å². The molecular weight excluding hydrogens is 341 g/mol. The third kappa shape index (κ3) is 6.60. The normalized spacial score (nSPS) is 22.7. The maximum absolute atomic E-state index is 12.4. The van der Waals surface area contributed by atoms with Gasteiger partial charge in [-0.2, -0.15) is 13.2 Å². The number of ether oxygens (including phenoxy) is 1. The molecule has 1 unspecified atom stereocenters. The van der Waals surface area contributed by atoms with Gasteiger partial charge in [0.15, 0.2) is 0 Å². The summed E-state index contributed by atoms with van der Waals surface area (Å²) in [6, 6.07) is -0.700. The summed E-state index contributed by atoms with van der Waals surface area (Å²) < 4.78 is 42.0. The Bertz CT molecular complexity index is 467. The molecule has 7 nitrogen and oxygen atoms in total. The standard InChI is InChI=1S/C15H25F3N4O3/c1-2-25-14(24)22-7-4-11(5-8-22)19-13(23)20-12-3-6-21(9-12)10-15(16,17)18/h11-12H,2-10H2,1H3,(H2,19,20,23). The Kier molecular flexibility index (Phi) is 6.74. The molecule has 0 radical (unpaired) electrons. The van der Waals surface area contributed by atoms with Gasteiger partial charge in [-0.3, -0.25) is 4.90 Å². The molecule has 0 aromatic heterocycles. The summed E-state index contributed by atoms with van der Waals surface area (Å²) >= 11 is 0. The van der Waals surface area contributed by atoms with E-state index in [0.29, 0.717) is 45.5 Å². The first-order valence-electron chi connectivity index (χ1n) is 8.54. The topological polar surface area (TPSA) is 73.9 Å². The number of nitrogens with one attached hydrogen (secondary N) is 2. The molecule has 2 saturated heterocycles. The van der Waals surface area contributed by atoms with Crippen molar-refractivity contribution in [1.29, 1.82) is 0 Å². The molecule has 0 aromatic carbocycles. The van der Waals surface area contributed by atoms with E-state index >= 15 is 0 Å². The average molecular weight is 366 g/mol. The predicted octanol–water partition coefficient (Wildman–Crippen LogP) is 1.54. The summed E-state index contributed by atoms with van der Waals surface area (Å²) in [4.78, 5) is 26.5. The minimum Gasteiger partial charge on any atom is -0.450 e. The number of rotatable bonds is 4. The fourth-order valence-electron chi connectivity index (χ4n) is 3.18. The molecule has 25 heavy (non-hydrogen) atoms. The zero-order valence-electron chi connectivity index (χ0n) is 14.3. The molecule has 1 atom stereocenters. The summed E-state index contributed by atoms with van der Waals surface area (Å²) in [6.45, 7) is 2.66. The summed E-state index contributed by atoms with van der Waals surface area (Å²) in [5, 5.41) is 5.56. The first-order chi connectivity index (χ1) is 11.8. The van der Waals surface area contributed by atoms with E-state index in [-0.39, 0.29) is 30.8 Å². The number of carbonyl (C=O) groups excluding carboxylic acids is 2. The van der Waals surface area contributed by atoms with Crippen molar-refractivity contribution in [2.24, 2.45) is 0 Å². The molecule has 2 fully saturated rings. The van der Waals surface area contributed by atoms with E-state index < -0.39 is 12.7 Å². The lowest BCUT2D eigenvalue weighted by Crippen LogP contribution is -2.51. The van der Waals surface area contributed by atoms with Crippen molar-refractivity contribution in [1.82, 2.24) is 20.4 Å². The zero-order chi connectivity index (χ0) is 18.4. The Hall–Kier alpha value is -1.71. The Labute approximate surface area is 144 Å². The van der Waals surface area contributed by atoms with Crippen LogP contribution in [0.1, 0.15) is 26.2 Å². The lowest BCUT2D eigenvalue weighted by Gasteiger charge is -2.31. The molecule has 144 valence electrons. The lowest BCUT2D eigenvalue weighted by atomic mass is 10.1. The highest BCUT2D eigenvalue weighted by Gasteiger charge is 2.35. The first-order valence-corrected chi connectivity index (χ1v) is 8.54. The van der Waals surface area contributed by atoms with Gasteiger partial charge in [0.05, 0.1) is 13.2 Å². The highest BCUT2D eigenvalue weighted by molar-refractivity contribution is 5.74. The number of halogens is 3. The second-order valence-electron chi connectivity index (χ2n) is 6.41. The van der Waals surface area contributed by atoms with E-state index in [0.717, 1.165) is 0 Å². The van der Waals surface area contributed by atoms with Gasteiger partial charge < -0.3 is 20.3 Å². The third-order valence-electron chi connectivity index (χ3n) is 4.37. The number of alkyl halides is 3. The van der Waals surface area contributed by atoms with Crippen LogP contribution in [0.5, 0.6) is 0 Å². The van der Waals surface area contributed by atoms with Gasteiger partial charge in [0, 0.05) is 38.3 Å². The van der Waals surface area contributed by atoms with E-state index in [2.05, 4.69) is 10.6 Å². The van der Waals surface area contributed by atoms with Crippen molar-refractivity contribution < 1.29 is 27.5 Å². The van der Waals surface area contributed by atoms with E-state index in [4.69, 9.17) is 4.74 Å². The Morgan fingerprint density at radius 2 is 1.68 bits per heavy atom. The molecule has 10 heteroatoms. The van der Waals surface area contributed by atoms with Gasteiger partial charge in [0.25, 0.3) is 0 Å². The maximum atomic E-state index is 12.4. The molecule has 0 bridgehead atoms. The van der Waals surface area contributed by atoms with Crippen molar-refractivity contribution >= 4 is 12.1 Å². The molecule has 2 N–H and O–H groups in total. The predicted molar refractivity (Wildman–Crippen MR) is 84.2 cm³/mol. The number of urea groups is 1. The summed E-state index contributed by atoms with van der Waals surface area (Å²) in [5.74, 6) is 0. The molecule has 3 amide bonds. The molecule has 0 saturated carbocycles. The van der Waals surface area contributed by atoms with Gasteiger partial charge in [0.1, 0.15) is 0 Å². The quantitative estimate of drug-likeness (QED) is 0.792. The zero-order valence-corrected chi connectivity index (χ0v) is 14.3. The molecule has 2 aliphatic rings. The smallest absolute Gasteiger partial charge is 0.409 e. The molecular formula is C15H25F3N4O3. The van der Waals surface area contributed by atoms with Gasteiger partial charge in [-0.05, 0) is 26.2 Å². The largest absolute Gasteiger partial charge is 0.450 e. The highest BCUT2D eigenvalue weighted by Crippen LogP contribution is 2.20. The van der Waals surface area contributed by atoms with Crippen LogP contribution in [0.4, 0.5) is 22.8 Å². The first kappa shape index (κ1) is 19.6. The number of hydrogen-bond acceptors (Lipinski definition) is 4. The third-order valence-corrected chi connectivity index (χ3v) is 4.37. The second-order valence-corrected chi connectivity index (χ2v) is 6.41. The van der Waals surface area contributed by atoms with Crippen molar-refractivity contribution in [3.63, 3.8) is 0 Å². The number of carbonyl (C=O) groups is 2. The SMILES string of the molecule is CCOC(=O)N1CCC(NC(=O)NC2CCN(CC(F)(F)F)C2)CC1. The minimum atomic E-state index is -4.22. The van der Waals surface area contributed by atoms with Crippen LogP contribution in [-0.2, 0) is 4.74 Å². The van der Waals surface area contributed by atoms with Gasteiger partial charge in [0.2, 0.25) is 0 Å². The van der Waals surface area contributed by atoms with Crippen LogP contribution >= 0.6 is 0 Å². The summed E-state index contributed by atoms with van der Waals surface area (Å²) in [6.07, 6.45) is -2.82. The number of nitrogens with zero attached hydrogens (tertiary/aromatic N) is 2. The summed E-state index contributed by atoms with van der Waals surface area (Å²) in [5.41, 5.74) is 0. The van der Waals surface area contributed by atoms with E-state index in [1.54, 1.807) is 11.8 Å². The van der Waals surface area contributed by atoms with Crippen LogP contribution < -0.4 is 10.6 Å². The monoisotopic (exact) mass is 366 g/mol. The van der Waals surface area contributed by atoms with Crippen LogP contribution in [0.3, 0.4) is 0 Å². The van der Waals surface area contributed by atoms with Crippen molar-refractivity contribution in [2.45, 2.75) is 44.4 Å². The van der Waals surface area contributed by atoms with Gasteiger partial charge in [-0.15, -0.1) is 0 Å². The van der Waals surface area contributed by atoms with Gasteiger partial charge >= 0.3 is 18.3 Å². The van der Waals surface area contributed by atoms with Crippen LogP contribution in [0.15, 0.2) is 0 Å². The molecule has 0 aromatic rings. The van der Waals surface area contributed by atoms with Crippen LogP contribution in [0, 0.1) is 0 Å². The molecule has 2 heterocycles. The van der Waals surface area contributed by atoms with Gasteiger partial charge in [-0.1, -0.05) is 0 Å². The van der Waals surface area contributed by atoms with Gasteiger partial charge in [-0.25, -0.2) is 9.59 Å². The second kappa shape index (κ2) is 8.59. The van der Waals surface area contributed by atoms with Crippen molar-refractivity contribution in [2.75, 3.05) is 39.3 Å². The van der Waals surface area contributed by atoms with E-state index in [9.17, 15) is 22.8 Å². The molecule has 2 aliphatic heterocycles. The Balaban J connectivity index is 1.66. The number of hydrogen-bond donors (Lipinski definition) is 2. The Morgan fingerprint density at radius 3 is 2.28 bits per heavy atom. The number of piperidine rings is 1. The number of likely N-dealkylation sites (tertiary alicyclic amines) is 2. The number of amides is 3. The van der Waals surface area contributed by atoms with Crippen LogP contribution in [0.2, 0.25) is 0 Å². The molecule has 0 aliphatic carbocycles. The summed E-state index contributed by atoms with van der Waals surface area (Å²) in [7, 11) is 0. The molecule has 0 spiro atoms. The highest BCUT2D eigenvalue weighted by atomic mass is 19.4. The Morgan fingerprint density at radius 1 is 1.08 bits per heavy atom. The minimum absolute atomic E-state index is 0.0571. The van der Waals surface area contributed by atoms with E-state index in [1.165, 1.54) is 4.90 Å².